The molecule has 0 saturated heterocycles. The van der Waals surface area contributed by atoms with Crippen molar-refractivity contribution < 1.29 is 4.42 Å². The third-order valence-corrected chi connectivity index (χ3v) is 11.2. The van der Waals surface area contributed by atoms with Gasteiger partial charge in [0.05, 0.1) is 28.0 Å². The van der Waals surface area contributed by atoms with Crippen LogP contribution in [0.3, 0.4) is 0 Å². The van der Waals surface area contributed by atoms with E-state index in [4.69, 9.17) is 14.4 Å². The summed E-state index contributed by atoms with van der Waals surface area (Å²) in [6.45, 7) is 0. The maximum atomic E-state index is 7.03. The van der Waals surface area contributed by atoms with Crippen LogP contribution in [0.15, 0.2) is 168 Å². The van der Waals surface area contributed by atoms with E-state index in [9.17, 15) is 0 Å². The minimum Gasteiger partial charge on any atom is -0.453 e. The van der Waals surface area contributed by atoms with Gasteiger partial charge in [-0.15, -0.1) is 11.3 Å². The standard InChI is InChI=1S/C46H27N3OS/c1-3-12-28(13-4-1)38-27-39(29-22-23-33-32-17-8-10-21-41(32)51-42(33)26-29)48-46(47-38)37-19-11-18-35-36-25-24-34-31-16-7-9-20-40(31)49(30-14-5-2-6-15-30)43(34)45(36)50-44(35)37/h1-27H. The average Bonchev–Trinajstić information content (AvgIpc) is 3.88. The molecule has 5 heteroatoms. The van der Waals surface area contributed by atoms with Crippen molar-refractivity contribution in [2.75, 3.05) is 0 Å². The Morgan fingerprint density at radius 2 is 1.10 bits per heavy atom. The summed E-state index contributed by atoms with van der Waals surface area (Å²) in [5.74, 6) is 0.632. The van der Waals surface area contributed by atoms with Crippen LogP contribution in [-0.4, -0.2) is 14.5 Å². The average molecular weight is 670 g/mol. The molecule has 0 unspecified atom stereocenters. The van der Waals surface area contributed by atoms with Crippen molar-refractivity contribution in [3.63, 3.8) is 0 Å². The Labute approximate surface area is 296 Å². The summed E-state index contributed by atoms with van der Waals surface area (Å²) in [7, 11) is 0. The summed E-state index contributed by atoms with van der Waals surface area (Å²) in [5, 5.41) is 7.00. The number of hydrogen-bond acceptors (Lipinski definition) is 4. The lowest BCUT2D eigenvalue weighted by Crippen LogP contribution is -1.96. The van der Waals surface area contributed by atoms with Crippen LogP contribution in [0.2, 0.25) is 0 Å². The fourth-order valence-electron chi connectivity index (χ4n) is 7.68. The number of rotatable bonds is 4. The van der Waals surface area contributed by atoms with E-state index < -0.39 is 0 Å². The Kier molecular flexibility index (Phi) is 6.09. The lowest BCUT2D eigenvalue weighted by molar-refractivity contribution is 0.671. The molecule has 0 atom stereocenters. The molecule has 4 heterocycles. The first-order valence-electron chi connectivity index (χ1n) is 17.1. The van der Waals surface area contributed by atoms with Crippen LogP contribution in [-0.2, 0) is 0 Å². The molecule has 0 spiro atoms. The van der Waals surface area contributed by atoms with E-state index in [0.717, 1.165) is 72.1 Å². The zero-order valence-electron chi connectivity index (χ0n) is 27.2. The number of benzene rings is 7. The molecule has 0 saturated carbocycles. The Balaban J connectivity index is 1.17. The molecule has 11 rings (SSSR count). The van der Waals surface area contributed by atoms with Crippen molar-refractivity contribution in [3.8, 4) is 39.6 Å². The van der Waals surface area contributed by atoms with Crippen LogP contribution in [0.5, 0.6) is 0 Å². The molecule has 11 aromatic rings. The molecular weight excluding hydrogens is 643 g/mol. The predicted molar refractivity (Wildman–Crippen MR) is 213 cm³/mol. The number of aromatic nitrogens is 3. The highest BCUT2D eigenvalue weighted by atomic mass is 32.1. The highest BCUT2D eigenvalue weighted by molar-refractivity contribution is 7.25. The third-order valence-electron chi connectivity index (χ3n) is 10.0. The quantitative estimate of drug-likeness (QED) is 0.187. The molecular formula is C46H27N3OS. The van der Waals surface area contributed by atoms with Crippen molar-refractivity contribution in [2.45, 2.75) is 0 Å². The smallest absolute Gasteiger partial charge is 0.164 e. The summed E-state index contributed by atoms with van der Waals surface area (Å²) in [5.41, 5.74) is 9.62. The van der Waals surface area contributed by atoms with Gasteiger partial charge in [0.15, 0.2) is 11.4 Å². The minimum atomic E-state index is 0.632. The van der Waals surface area contributed by atoms with Gasteiger partial charge in [0.25, 0.3) is 0 Å². The number of furan rings is 1. The van der Waals surface area contributed by atoms with Gasteiger partial charge in [-0.05, 0) is 48.5 Å². The molecule has 4 nitrogen and oxygen atoms in total. The van der Waals surface area contributed by atoms with Gasteiger partial charge >= 0.3 is 0 Å². The monoisotopic (exact) mass is 669 g/mol. The SMILES string of the molecule is c1ccc(-c2cc(-c3ccc4c(c3)sc3ccccc34)nc(-c3cccc4c3oc3c4ccc4c5ccccc5n(-c5ccccc5)c43)n2)cc1. The minimum absolute atomic E-state index is 0.632. The van der Waals surface area contributed by atoms with Crippen LogP contribution in [0.25, 0.3) is 104 Å². The summed E-state index contributed by atoms with van der Waals surface area (Å²) in [4.78, 5) is 10.5. The van der Waals surface area contributed by atoms with E-state index >= 15 is 0 Å². The Morgan fingerprint density at radius 1 is 0.451 bits per heavy atom. The zero-order chi connectivity index (χ0) is 33.5. The molecule has 4 aromatic heterocycles. The van der Waals surface area contributed by atoms with Gasteiger partial charge in [0.2, 0.25) is 0 Å². The van der Waals surface area contributed by atoms with Crippen molar-refractivity contribution in [2.24, 2.45) is 0 Å². The highest BCUT2D eigenvalue weighted by Crippen LogP contribution is 2.43. The molecule has 0 aliphatic carbocycles. The van der Waals surface area contributed by atoms with Crippen molar-refractivity contribution in [1.29, 1.82) is 0 Å². The fraction of sp³-hybridized carbons (Fsp3) is 0. The summed E-state index contributed by atoms with van der Waals surface area (Å²) in [6.07, 6.45) is 0. The molecule has 51 heavy (non-hydrogen) atoms. The van der Waals surface area contributed by atoms with Gasteiger partial charge in [-0.3, -0.25) is 0 Å². The first kappa shape index (κ1) is 28.3. The van der Waals surface area contributed by atoms with Gasteiger partial charge in [-0.25, -0.2) is 9.97 Å². The van der Waals surface area contributed by atoms with Gasteiger partial charge < -0.3 is 8.98 Å². The highest BCUT2D eigenvalue weighted by Gasteiger charge is 2.22. The van der Waals surface area contributed by atoms with E-state index in [2.05, 4.69) is 162 Å². The molecule has 0 bridgehead atoms. The largest absolute Gasteiger partial charge is 0.453 e. The molecule has 0 aliphatic heterocycles. The number of hydrogen-bond donors (Lipinski definition) is 0. The zero-order valence-corrected chi connectivity index (χ0v) is 28.1. The summed E-state index contributed by atoms with van der Waals surface area (Å²) in [6, 6.07) is 57.6. The fourth-order valence-corrected chi connectivity index (χ4v) is 8.83. The third kappa shape index (κ3) is 4.32. The second kappa shape index (κ2) is 11.0. The maximum Gasteiger partial charge on any atom is 0.164 e. The maximum absolute atomic E-state index is 7.03. The first-order chi connectivity index (χ1) is 25.3. The number of nitrogens with zero attached hydrogens (tertiary/aromatic N) is 3. The van der Waals surface area contributed by atoms with Crippen molar-refractivity contribution in [1.82, 2.24) is 14.5 Å². The Hall–Kier alpha value is -6.56. The topological polar surface area (TPSA) is 43.9 Å². The molecule has 0 aliphatic rings. The molecule has 0 radical (unpaired) electrons. The lowest BCUT2D eigenvalue weighted by Gasteiger charge is -2.10. The van der Waals surface area contributed by atoms with Gasteiger partial charge in [0.1, 0.15) is 5.58 Å². The summed E-state index contributed by atoms with van der Waals surface area (Å²) < 4.78 is 11.9. The van der Waals surface area contributed by atoms with Gasteiger partial charge in [-0.2, -0.15) is 0 Å². The second-order valence-electron chi connectivity index (χ2n) is 12.9. The molecule has 0 amide bonds. The van der Waals surface area contributed by atoms with Crippen LogP contribution in [0.4, 0.5) is 0 Å². The Bertz CT molecular complexity index is 3140. The predicted octanol–water partition coefficient (Wildman–Crippen LogP) is 12.8. The van der Waals surface area contributed by atoms with E-state index in [0.29, 0.717) is 5.82 Å². The first-order valence-corrected chi connectivity index (χ1v) is 17.9. The van der Waals surface area contributed by atoms with E-state index in [1.165, 1.54) is 25.6 Å². The molecule has 0 N–H and O–H groups in total. The lowest BCUT2D eigenvalue weighted by atomic mass is 10.0. The Morgan fingerprint density at radius 3 is 1.96 bits per heavy atom. The van der Waals surface area contributed by atoms with E-state index in [1.807, 2.05) is 17.4 Å². The molecule has 7 aromatic carbocycles. The number of para-hydroxylation sites is 3. The number of thiophene rings is 1. The van der Waals surface area contributed by atoms with E-state index in [-0.39, 0.29) is 0 Å². The molecule has 0 fully saturated rings. The van der Waals surface area contributed by atoms with Crippen LogP contribution < -0.4 is 0 Å². The summed E-state index contributed by atoms with van der Waals surface area (Å²) >= 11 is 1.82. The number of fused-ring (bicyclic) bond motifs is 10. The van der Waals surface area contributed by atoms with E-state index in [1.54, 1.807) is 0 Å². The molecule has 238 valence electrons. The van der Waals surface area contributed by atoms with Crippen LogP contribution in [0, 0.1) is 0 Å². The normalized spacial score (nSPS) is 11.9. The van der Waals surface area contributed by atoms with Crippen LogP contribution >= 0.6 is 11.3 Å². The van der Waals surface area contributed by atoms with Crippen molar-refractivity contribution >= 4 is 75.3 Å². The van der Waals surface area contributed by atoms with Gasteiger partial charge in [-0.1, -0.05) is 115 Å². The van der Waals surface area contributed by atoms with Gasteiger partial charge in [0, 0.05) is 58.5 Å². The van der Waals surface area contributed by atoms with Crippen molar-refractivity contribution in [3.05, 3.63) is 164 Å². The van der Waals surface area contributed by atoms with Crippen LogP contribution in [0.1, 0.15) is 0 Å². The second-order valence-corrected chi connectivity index (χ2v) is 14.0.